The fourth-order valence-corrected chi connectivity index (χ4v) is 2.63. The molecule has 1 aromatic rings. The minimum absolute atomic E-state index is 0.0864. The van der Waals surface area contributed by atoms with Crippen LogP contribution in [0.1, 0.15) is 19.3 Å². The quantitative estimate of drug-likeness (QED) is 0.804. The summed E-state index contributed by atoms with van der Waals surface area (Å²) in [5, 5.41) is 4.97. The summed E-state index contributed by atoms with van der Waals surface area (Å²) >= 11 is 0. The first kappa shape index (κ1) is 17.9. The minimum atomic E-state index is -3.15. The first-order valence-corrected chi connectivity index (χ1v) is 7.28. The summed E-state index contributed by atoms with van der Waals surface area (Å²) in [4.78, 5) is 23.4. The maximum absolute atomic E-state index is 13.1. The maximum Gasteiger partial charge on any atom is 0.387 e. The molecule has 0 unspecified atom stereocenters. The third-order valence-electron chi connectivity index (χ3n) is 3.71. The molecule has 1 aromatic carbocycles. The highest BCUT2D eigenvalue weighted by molar-refractivity contribution is 5.91. The highest BCUT2D eigenvalue weighted by Gasteiger charge is 2.31. The number of carbonyl (C=O) groups excluding carboxylic acids is 2. The van der Waals surface area contributed by atoms with Gasteiger partial charge in [0, 0.05) is 12.1 Å². The average Bonchev–Trinajstić information content (AvgIpc) is 2.97. The fourth-order valence-electron chi connectivity index (χ4n) is 2.63. The highest BCUT2D eigenvalue weighted by atomic mass is 19.3. The number of nitrogens with one attached hydrogen (secondary N) is 2. The second-order valence-electron chi connectivity index (χ2n) is 5.35. The number of esters is 1. The topological polar surface area (TPSA) is 76.7 Å². The smallest absolute Gasteiger partial charge is 0.387 e. The van der Waals surface area contributed by atoms with Crippen molar-refractivity contribution < 1.29 is 32.2 Å². The Morgan fingerprint density at radius 2 is 2.04 bits per heavy atom. The van der Waals surface area contributed by atoms with E-state index in [9.17, 15) is 22.8 Å². The van der Waals surface area contributed by atoms with Crippen LogP contribution in [0.3, 0.4) is 0 Å². The third kappa shape index (κ3) is 4.77. The largest absolute Gasteiger partial charge is 0.469 e. The van der Waals surface area contributed by atoms with Crippen LogP contribution in [0.2, 0.25) is 0 Å². The van der Waals surface area contributed by atoms with Crippen LogP contribution in [0.25, 0.3) is 0 Å². The van der Waals surface area contributed by atoms with E-state index >= 15 is 0 Å². The summed E-state index contributed by atoms with van der Waals surface area (Å²) in [6, 6.07) is 1.99. The van der Waals surface area contributed by atoms with Crippen molar-refractivity contribution in [1.29, 1.82) is 0 Å². The van der Waals surface area contributed by atoms with Crippen LogP contribution in [0.15, 0.2) is 18.2 Å². The van der Waals surface area contributed by atoms with Crippen LogP contribution in [0.4, 0.5) is 23.7 Å². The molecule has 0 heterocycles. The number of ether oxygens (including phenoxy) is 2. The van der Waals surface area contributed by atoms with Crippen molar-refractivity contribution in [3.05, 3.63) is 24.0 Å². The van der Waals surface area contributed by atoms with E-state index in [1.807, 2.05) is 0 Å². The first-order valence-electron chi connectivity index (χ1n) is 7.28. The second kappa shape index (κ2) is 7.89. The average molecular weight is 346 g/mol. The van der Waals surface area contributed by atoms with Crippen LogP contribution in [0, 0.1) is 11.7 Å². The highest BCUT2D eigenvalue weighted by Crippen LogP contribution is 2.28. The zero-order valence-corrected chi connectivity index (χ0v) is 12.9. The number of carbonyl (C=O) groups is 2. The SMILES string of the molecule is COC(=O)[C@H]1CC[C@@H](NC(=O)Nc2ccc(F)cc2OC(F)F)C1. The molecule has 0 spiro atoms. The maximum atomic E-state index is 13.1. The molecule has 9 heteroatoms. The summed E-state index contributed by atoms with van der Waals surface area (Å²) in [6.07, 6.45) is 1.62. The molecule has 2 N–H and O–H groups in total. The first-order chi connectivity index (χ1) is 11.4. The van der Waals surface area contributed by atoms with E-state index in [2.05, 4.69) is 20.1 Å². The van der Waals surface area contributed by atoms with Crippen molar-refractivity contribution in [3.63, 3.8) is 0 Å². The molecule has 0 aliphatic heterocycles. The van der Waals surface area contributed by atoms with Crippen molar-refractivity contribution in [2.45, 2.75) is 31.9 Å². The van der Waals surface area contributed by atoms with Crippen molar-refractivity contribution in [2.75, 3.05) is 12.4 Å². The number of halogens is 3. The Hall–Kier alpha value is -2.45. The van der Waals surface area contributed by atoms with E-state index in [-0.39, 0.29) is 23.6 Å². The number of hydrogen-bond acceptors (Lipinski definition) is 4. The van der Waals surface area contributed by atoms with Crippen molar-refractivity contribution >= 4 is 17.7 Å². The van der Waals surface area contributed by atoms with Gasteiger partial charge in [-0.3, -0.25) is 4.79 Å². The van der Waals surface area contributed by atoms with Crippen LogP contribution in [0.5, 0.6) is 5.75 Å². The Morgan fingerprint density at radius 1 is 1.29 bits per heavy atom. The zero-order chi connectivity index (χ0) is 17.7. The summed E-state index contributed by atoms with van der Waals surface area (Å²) in [5.74, 6) is -1.85. The molecule has 1 saturated carbocycles. The number of amides is 2. The zero-order valence-electron chi connectivity index (χ0n) is 12.9. The van der Waals surface area contributed by atoms with Crippen LogP contribution in [-0.4, -0.2) is 31.8 Å². The molecule has 2 atom stereocenters. The summed E-state index contributed by atoms with van der Waals surface area (Å²) in [5.41, 5.74) is -0.0864. The van der Waals surface area contributed by atoms with E-state index in [0.717, 1.165) is 18.2 Å². The van der Waals surface area contributed by atoms with Gasteiger partial charge in [0.1, 0.15) is 5.82 Å². The summed E-state index contributed by atoms with van der Waals surface area (Å²) in [6.45, 7) is -3.15. The molecule has 0 aromatic heterocycles. The van der Waals surface area contributed by atoms with Crippen molar-refractivity contribution in [1.82, 2.24) is 5.32 Å². The van der Waals surface area contributed by atoms with E-state index in [1.54, 1.807) is 0 Å². The predicted molar refractivity (Wildman–Crippen MR) is 78.3 cm³/mol. The molecule has 132 valence electrons. The normalized spacial score (nSPS) is 19.9. The molecular formula is C15H17F3N2O4. The fraction of sp³-hybridized carbons (Fsp3) is 0.467. The van der Waals surface area contributed by atoms with Gasteiger partial charge in [-0.2, -0.15) is 8.78 Å². The van der Waals surface area contributed by atoms with Crippen molar-refractivity contribution in [3.8, 4) is 5.75 Å². The minimum Gasteiger partial charge on any atom is -0.469 e. The molecular weight excluding hydrogens is 329 g/mol. The van der Waals surface area contributed by atoms with Gasteiger partial charge in [0.2, 0.25) is 0 Å². The summed E-state index contributed by atoms with van der Waals surface area (Å²) < 4.78 is 46.6. The molecule has 0 radical (unpaired) electrons. The predicted octanol–water partition coefficient (Wildman–Crippen LogP) is 2.89. The van der Waals surface area contributed by atoms with Gasteiger partial charge in [-0.05, 0) is 31.4 Å². The Labute approximate surface area is 136 Å². The molecule has 2 rings (SSSR count). The molecule has 0 saturated heterocycles. The van der Waals surface area contributed by atoms with Gasteiger partial charge in [0.15, 0.2) is 5.75 Å². The number of urea groups is 1. The van der Waals surface area contributed by atoms with Crippen LogP contribution < -0.4 is 15.4 Å². The Morgan fingerprint density at radius 3 is 2.71 bits per heavy atom. The lowest BCUT2D eigenvalue weighted by molar-refractivity contribution is -0.145. The lowest BCUT2D eigenvalue weighted by Crippen LogP contribution is -2.36. The Kier molecular flexibility index (Phi) is 5.88. The van der Waals surface area contributed by atoms with Crippen molar-refractivity contribution in [2.24, 2.45) is 5.92 Å². The monoisotopic (exact) mass is 346 g/mol. The number of rotatable bonds is 5. The number of methoxy groups -OCH3 is 1. The molecule has 1 aliphatic rings. The third-order valence-corrected chi connectivity index (χ3v) is 3.71. The molecule has 6 nitrogen and oxygen atoms in total. The van der Waals surface area contributed by atoms with E-state index in [1.165, 1.54) is 7.11 Å². The Bertz CT molecular complexity index is 612. The molecule has 24 heavy (non-hydrogen) atoms. The van der Waals surface area contributed by atoms with Gasteiger partial charge >= 0.3 is 18.6 Å². The van der Waals surface area contributed by atoms with Gasteiger partial charge in [-0.1, -0.05) is 0 Å². The second-order valence-corrected chi connectivity index (χ2v) is 5.35. The van der Waals surface area contributed by atoms with Gasteiger partial charge < -0.3 is 20.1 Å². The van der Waals surface area contributed by atoms with E-state index in [0.29, 0.717) is 19.3 Å². The van der Waals surface area contributed by atoms with Crippen LogP contribution >= 0.6 is 0 Å². The van der Waals surface area contributed by atoms with Gasteiger partial charge in [0.05, 0.1) is 18.7 Å². The molecule has 1 fully saturated rings. The number of hydrogen-bond donors (Lipinski definition) is 2. The lowest BCUT2D eigenvalue weighted by Gasteiger charge is -2.16. The number of benzene rings is 1. The van der Waals surface area contributed by atoms with Gasteiger partial charge in [-0.25, -0.2) is 9.18 Å². The van der Waals surface area contributed by atoms with E-state index in [4.69, 9.17) is 0 Å². The molecule has 2 amide bonds. The van der Waals surface area contributed by atoms with Gasteiger partial charge in [-0.15, -0.1) is 0 Å². The lowest BCUT2D eigenvalue weighted by atomic mass is 10.1. The molecule has 1 aliphatic carbocycles. The number of alkyl halides is 2. The number of anilines is 1. The molecule has 0 bridgehead atoms. The Balaban J connectivity index is 1.94. The van der Waals surface area contributed by atoms with Crippen LogP contribution in [-0.2, 0) is 9.53 Å². The van der Waals surface area contributed by atoms with E-state index < -0.39 is 24.2 Å². The van der Waals surface area contributed by atoms with Gasteiger partial charge in [0.25, 0.3) is 0 Å². The summed E-state index contributed by atoms with van der Waals surface area (Å²) in [7, 11) is 1.30. The standard InChI is InChI=1S/C15H17F3N2O4/c1-23-13(21)8-2-4-10(6-8)19-15(22)20-11-5-3-9(16)7-12(11)24-14(17)18/h3,5,7-8,10,14H,2,4,6H2,1H3,(H2,19,20,22)/t8-,10+/m0/s1.